The van der Waals surface area contributed by atoms with Gasteiger partial charge in [0.25, 0.3) is 0 Å². The molecule has 156 valence electrons. The highest BCUT2D eigenvalue weighted by Gasteiger charge is 2.23. The molecule has 0 saturated carbocycles. The zero-order valence-corrected chi connectivity index (χ0v) is 16.8. The second kappa shape index (κ2) is 9.21. The van der Waals surface area contributed by atoms with Crippen molar-refractivity contribution in [3.8, 4) is 17.2 Å². The van der Waals surface area contributed by atoms with Crippen molar-refractivity contribution in [3.05, 3.63) is 102 Å². The number of hydrogen-bond donors (Lipinski definition) is 1. The SMILES string of the molecule is COc1cccc(CC(=O)N[C@@H](c2ccc(F)cc2)c2nnc(-c3ccccc3)o2)c1. The van der Waals surface area contributed by atoms with E-state index in [1.165, 1.54) is 12.1 Å². The Morgan fingerprint density at radius 1 is 1.03 bits per heavy atom. The minimum Gasteiger partial charge on any atom is -0.497 e. The van der Waals surface area contributed by atoms with Crippen molar-refractivity contribution < 1.29 is 18.3 Å². The number of carbonyl (C=O) groups excluding carboxylic acids is 1. The fraction of sp³-hybridized carbons (Fsp3) is 0.125. The third kappa shape index (κ3) is 4.95. The molecule has 7 heteroatoms. The average Bonchev–Trinajstić information content (AvgIpc) is 3.29. The number of nitrogens with one attached hydrogen (secondary N) is 1. The Bertz CT molecular complexity index is 1160. The molecule has 0 aliphatic rings. The van der Waals surface area contributed by atoms with Gasteiger partial charge in [-0.3, -0.25) is 4.79 Å². The summed E-state index contributed by atoms with van der Waals surface area (Å²) < 4.78 is 24.5. The Kier molecular flexibility index (Phi) is 6.03. The minimum absolute atomic E-state index is 0.134. The maximum atomic E-state index is 13.4. The van der Waals surface area contributed by atoms with Crippen molar-refractivity contribution in [3.63, 3.8) is 0 Å². The van der Waals surface area contributed by atoms with Crippen LogP contribution in [-0.4, -0.2) is 23.2 Å². The van der Waals surface area contributed by atoms with E-state index in [0.717, 1.165) is 11.1 Å². The summed E-state index contributed by atoms with van der Waals surface area (Å²) in [5.74, 6) is 0.599. The van der Waals surface area contributed by atoms with Crippen LogP contribution in [0.2, 0.25) is 0 Å². The summed E-state index contributed by atoms with van der Waals surface area (Å²) in [6, 6.07) is 21.7. The van der Waals surface area contributed by atoms with Crippen molar-refractivity contribution in [1.82, 2.24) is 15.5 Å². The molecule has 0 saturated heterocycles. The molecule has 0 bridgehead atoms. The smallest absolute Gasteiger partial charge is 0.247 e. The third-order valence-electron chi connectivity index (χ3n) is 4.72. The van der Waals surface area contributed by atoms with Crippen LogP contribution in [0, 0.1) is 5.82 Å². The normalized spacial score (nSPS) is 11.7. The molecule has 4 aromatic rings. The van der Waals surface area contributed by atoms with E-state index in [1.54, 1.807) is 25.3 Å². The van der Waals surface area contributed by atoms with E-state index < -0.39 is 6.04 Å². The molecule has 0 spiro atoms. The lowest BCUT2D eigenvalue weighted by atomic mass is 10.1. The number of carbonyl (C=O) groups is 1. The van der Waals surface area contributed by atoms with Crippen molar-refractivity contribution in [1.29, 1.82) is 0 Å². The van der Waals surface area contributed by atoms with E-state index in [0.29, 0.717) is 17.2 Å². The van der Waals surface area contributed by atoms with Crippen LogP contribution in [0.25, 0.3) is 11.5 Å². The number of rotatable bonds is 7. The summed E-state index contributed by atoms with van der Waals surface area (Å²) in [5.41, 5.74) is 2.19. The lowest BCUT2D eigenvalue weighted by molar-refractivity contribution is -0.121. The highest BCUT2D eigenvalue weighted by Crippen LogP contribution is 2.25. The Morgan fingerprint density at radius 2 is 1.81 bits per heavy atom. The highest BCUT2D eigenvalue weighted by molar-refractivity contribution is 5.79. The first kappa shape index (κ1) is 20.3. The topological polar surface area (TPSA) is 77.2 Å². The van der Waals surface area contributed by atoms with E-state index in [4.69, 9.17) is 9.15 Å². The van der Waals surface area contributed by atoms with Gasteiger partial charge in [0.05, 0.1) is 13.5 Å². The van der Waals surface area contributed by atoms with Crippen LogP contribution in [0.4, 0.5) is 4.39 Å². The van der Waals surface area contributed by atoms with Gasteiger partial charge in [-0.25, -0.2) is 4.39 Å². The first-order chi connectivity index (χ1) is 15.1. The molecule has 31 heavy (non-hydrogen) atoms. The average molecular weight is 417 g/mol. The molecule has 6 nitrogen and oxygen atoms in total. The summed E-state index contributed by atoms with van der Waals surface area (Å²) >= 11 is 0. The molecule has 0 aliphatic heterocycles. The molecule has 0 aliphatic carbocycles. The van der Waals surface area contributed by atoms with E-state index in [2.05, 4.69) is 15.5 Å². The van der Waals surface area contributed by atoms with E-state index >= 15 is 0 Å². The van der Waals surface area contributed by atoms with Gasteiger partial charge >= 0.3 is 0 Å². The van der Waals surface area contributed by atoms with Crippen LogP contribution in [0.3, 0.4) is 0 Å². The zero-order chi connectivity index (χ0) is 21.6. The van der Waals surface area contributed by atoms with Crippen LogP contribution >= 0.6 is 0 Å². The quantitative estimate of drug-likeness (QED) is 0.484. The number of ether oxygens (including phenoxy) is 1. The fourth-order valence-corrected chi connectivity index (χ4v) is 3.17. The molecule has 4 rings (SSSR count). The summed E-state index contributed by atoms with van der Waals surface area (Å²) in [6.45, 7) is 0. The van der Waals surface area contributed by atoms with Gasteiger partial charge in [0.15, 0.2) is 0 Å². The van der Waals surface area contributed by atoms with Gasteiger partial charge in [-0.15, -0.1) is 10.2 Å². The summed E-state index contributed by atoms with van der Waals surface area (Å²) in [4.78, 5) is 12.8. The molecule has 3 aromatic carbocycles. The Balaban J connectivity index is 1.60. The highest BCUT2D eigenvalue weighted by atomic mass is 19.1. The molecule has 0 unspecified atom stereocenters. The number of nitrogens with zero attached hydrogens (tertiary/aromatic N) is 2. The number of benzene rings is 3. The van der Waals surface area contributed by atoms with Gasteiger partial charge in [-0.1, -0.05) is 42.5 Å². The van der Waals surface area contributed by atoms with Crippen LogP contribution in [-0.2, 0) is 11.2 Å². The summed E-state index contributed by atoms with van der Waals surface area (Å²) in [5, 5.41) is 11.2. The second-order valence-electron chi connectivity index (χ2n) is 6.89. The lowest BCUT2D eigenvalue weighted by Gasteiger charge is -2.16. The molecule has 1 aromatic heterocycles. The van der Waals surface area contributed by atoms with Crippen molar-refractivity contribution >= 4 is 5.91 Å². The van der Waals surface area contributed by atoms with Gasteiger partial charge in [-0.05, 0) is 47.5 Å². The molecular weight excluding hydrogens is 397 g/mol. The van der Waals surface area contributed by atoms with Crippen LogP contribution in [0.1, 0.15) is 23.1 Å². The largest absolute Gasteiger partial charge is 0.497 e. The van der Waals surface area contributed by atoms with Crippen LogP contribution in [0.5, 0.6) is 5.75 Å². The van der Waals surface area contributed by atoms with Crippen LogP contribution in [0.15, 0.2) is 83.3 Å². The van der Waals surface area contributed by atoms with Gasteiger partial charge in [0.1, 0.15) is 17.6 Å². The fourth-order valence-electron chi connectivity index (χ4n) is 3.17. The van der Waals surface area contributed by atoms with Gasteiger partial charge in [-0.2, -0.15) is 0 Å². The Labute approximate surface area is 178 Å². The first-order valence-corrected chi connectivity index (χ1v) is 9.69. The molecule has 1 amide bonds. The molecule has 1 heterocycles. The lowest BCUT2D eigenvalue weighted by Crippen LogP contribution is -2.30. The van der Waals surface area contributed by atoms with Crippen molar-refractivity contribution in [2.24, 2.45) is 0 Å². The predicted molar refractivity (Wildman–Crippen MR) is 113 cm³/mol. The van der Waals surface area contributed by atoms with Gasteiger partial charge in [0.2, 0.25) is 17.7 Å². The van der Waals surface area contributed by atoms with Gasteiger partial charge in [0, 0.05) is 5.56 Å². The molecule has 1 N–H and O–H groups in total. The molecule has 1 atom stereocenters. The van der Waals surface area contributed by atoms with Crippen LogP contribution < -0.4 is 10.1 Å². The monoisotopic (exact) mass is 417 g/mol. The van der Waals surface area contributed by atoms with E-state index in [1.807, 2.05) is 48.5 Å². The van der Waals surface area contributed by atoms with Gasteiger partial charge < -0.3 is 14.5 Å². The third-order valence-corrected chi connectivity index (χ3v) is 4.72. The molecule has 0 fully saturated rings. The summed E-state index contributed by atoms with van der Waals surface area (Å²) in [7, 11) is 1.57. The number of amides is 1. The second-order valence-corrected chi connectivity index (χ2v) is 6.89. The number of aromatic nitrogens is 2. The molecule has 0 radical (unpaired) electrons. The standard InChI is InChI=1S/C24H20FN3O3/c1-30-20-9-5-6-16(14-20)15-21(29)26-22(17-10-12-19(25)13-11-17)24-28-27-23(31-24)18-7-3-2-4-8-18/h2-14,22H,15H2,1H3,(H,26,29)/t22-/m0/s1. The number of methoxy groups -OCH3 is 1. The summed E-state index contributed by atoms with van der Waals surface area (Å²) in [6.07, 6.45) is 0.134. The van der Waals surface area contributed by atoms with E-state index in [-0.39, 0.29) is 24.0 Å². The number of hydrogen-bond acceptors (Lipinski definition) is 5. The minimum atomic E-state index is -0.719. The first-order valence-electron chi connectivity index (χ1n) is 9.69. The van der Waals surface area contributed by atoms with Crippen molar-refractivity contribution in [2.45, 2.75) is 12.5 Å². The van der Waals surface area contributed by atoms with E-state index in [9.17, 15) is 9.18 Å². The zero-order valence-electron chi connectivity index (χ0n) is 16.8. The number of halogens is 1. The molecular formula is C24H20FN3O3. The maximum Gasteiger partial charge on any atom is 0.247 e. The predicted octanol–water partition coefficient (Wildman–Crippen LogP) is 4.33. The maximum absolute atomic E-state index is 13.4. The Morgan fingerprint density at radius 3 is 2.55 bits per heavy atom. The Hall–Kier alpha value is -4.00. The van der Waals surface area contributed by atoms with Crippen molar-refractivity contribution in [2.75, 3.05) is 7.11 Å².